The maximum atomic E-state index is 12.7. The zero-order valence-corrected chi connectivity index (χ0v) is 26.0. The summed E-state index contributed by atoms with van der Waals surface area (Å²) in [5.41, 5.74) is 7.53. The molecule has 2 aromatic heterocycles. The van der Waals surface area contributed by atoms with E-state index in [9.17, 15) is 4.79 Å². The Hall–Kier alpha value is -4.75. The van der Waals surface area contributed by atoms with Crippen molar-refractivity contribution in [1.82, 2.24) is 24.3 Å². The second kappa shape index (κ2) is 13.7. The molecule has 9 nitrogen and oxygen atoms in total. The lowest BCUT2D eigenvalue weighted by molar-refractivity contribution is 0.0398. The molecule has 2 aliphatic heterocycles. The number of likely N-dealkylation sites (tertiary alicyclic amines) is 1. The van der Waals surface area contributed by atoms with E-state index >= 15 is 0 Å². The molecular weight excluding hydrogens is 574 g/mol. The van der Waals surface area contributed by atoms with Crippen LogP contribution in [-0.2, 0) is 11.3 Å². The van der Waals surface area contributed by atoms with Gasteiger partial charge < -0.3 is 15.0 Å². The molecule has 7 rings (SSSR count). The lowest BCUT2D eigenvalue weighted by Gasteiger charge is -2.32. The molecule has 2 N–H and O–H groups in total. The van der Waals surface area contributed by atoms with Crippen LogP contribution in [0.1, 0.15) is 24.4 Å². The average molecular weight is 614 g/mol. The molecule has 2 fully saturated rings. The number of benzene rings is 3. The number of morpholine rings is 1. The van der Waals surface area contributed by atoms with E-state index in [1.54, 1.807) is 0 Å². The molecule has 3 aromatic carbocycles. The molecule has 4 heterocycles. The molecule has 0 radical (unpaired) electrons. The van der Waals surface area contributed by atoms with Gasteiger partial charge in [-0.15, -0.1) is 0 Å². The summed E-state index contributed by atoms with van der Waals surface area (Å²) in [6, 6.07) is 29.0. The molecule has 46 heavy (non-hydrogen) atoms. The van der Waals surface area contributed by atoms with Crippen molar-refractivity contribution >= 4 is 22.5 Å². The Morgan fingerprint density at radius 2 is 1.63 bits per heavy atom. The maximum Gasteiger partial charge on any atom is 0.326 e. The number of para-hydroxylation sites is 2. The van der Waals surface area contributed by atoms with Crippen molar-refractivity contribution in [2.75, 3.05) is 57.8 Å². The van der Waals surface area contributed by atoms with Crippen molar-refractivity contribution in [3.8, 4) is 22.4 Å². The lowest BCUT2D eigenvalue weighted by Crippen LogP contribution is -2.39. The molecule has 0 atom stereocenters. The number of nitrogens with one attached hydrogen (secondary N) is 2. The highest BCUT2D eigenvalue weighted by molar-refractivity contribution is 5.87. The lowest BCUT2D eigenvalue weighted by atomic mass is 9.97. The number of H-pyrrole nitrogens is 1. The molecule has 0 aliphatic carbocycles. The van der Waals surface area contributed by atoms with Crippen molar-refractivity contribution < 1.29 is 4.74 Å². The van der Waals surface area contributed by atoms with Crippen LogP contribution >= 0.6 is 0 Å². The highest BCUT2D eigenvalue weighted by Crippen LogP contribution is 2.37. The number of aromatic amines is 1. The molecular formula is C37H39N7O2. The first-order valence-electron chi connectivity index (χ1n) is 16.2. The number of nitrogens with zero attached hydrogens (tertiary/aromatic N) is 5. The summed E-state index contributed by atoms with van der Waals surface area (Å²) in [5.74, 6) is 0.624. The van der Waals surface area contributed by atoms with Gasteiger partial charge in [-0.2, -0.15) is 0 Å². The third-order valence-electron chi connectivity index (χ3n) is 9.21. The van der Waals surface area contributed by atoms with Gasteiger partial charge in [0, 0.05) is 57.4 Å². The summed E-state index contributed by atoms with van der Waals surface area (Å²) in [4.78, 5) is 29.5. The first-order valence-corrected chi connectivity index (χ1v) is 16.2. The van der Waals surface area contributed by atoms with Gasteiger partial charge in [0.2, 0.25) is 5.69 Å². The topological polar surface area (TPSA) is 82.8 Å². The first-order chi connectivity index (χ1) is 22.7. The van der Waals surface area contributed by atoms with Crippen molar-refractivity contribution in [2.45, 2.75) is 25.4 Å². The quantitative estimate of drug-likeness (QED) is 0.193. The summed E-state index contributed by atoms with van der Waals surface area (Å²) in [5, 5.41) is 3.46. The van der Waals surface area contributed by atoms with Crippen molar-refractivity contribution in [2.24, 2.45) is 0 Å². The van der Waals surface area contributed by atoms with E-state index in [4.69, 9.17) is 16.3 Å². The minimum atomic E-state index is -0.0152. The number of imidazole rings is 1. The van der Waals surface area contributed by atoms with Crippen molar-refractivity contribution in [1.29, 1.82) is 0 Å². The number of ether oxygens (including phenoxy) is 1. The van der Waals surface area contributed by atoms with E-state index in [1.165, 1.54) is 5.56 Å². The Morgan fingerprint density at radius 3 is 2.39 bits per heavy atom. The van der Waals surface area contributed by atoms with Gasteiger partial charge in [0.25, 0.3) is 0 Å². The van der Waals surface area contributed by atoms with Crippen molar-refractivity contribution in [3.63, 3.8) is 0 Å². The van der Waals surface area contributed by atoms with Gasteiger partial charge in [0.05, 0.1) is 36.5 Å². The van der Waals surface area contributed by atoms with Gasteiger partial charge >= 0.3 is 5.69 Å². The second-order valence-electron chi connectivity index (χ2n) is 12.1. The molecule has 0 amide bonds. The van der Waals surface area contributed by atoms with E-state index in [-0.39, 0.29) is 11.7 Å². The standard InChI is InChI=1S/C37H39N7O2/c1-38-33-25-31(28-7-3-2-4-8-28)35(41-36(33)39-17-20-42-21-23-46-24-22-42)29-13-11-27(12-14-29)26-43-18-15-30(16-19-43)44-34-10-6-5-9-32(34)40-37(44)45/h2-14,25,30H,15-24,26H2,(H,39,41)(H,40,45). The summed E-state index contributed by atoms with van der Waals surface area (Å²) in [6.45, 7) is 15.6. The monoisotopic (exact) mass is 613 g/mol. The fourth-order valence-corrected chi connectivity index (χ4v) is 6.73. The highest BCUT2D eigenvalue weighted by Gasteiger charge is 2.24. The van der Waals surface area contributed by atoms with Gasteiger partial charge in [-0.3, -0.25) is 14.4 Å². The van der Waals surface area contributed by atoms with Crippen LogP contribution in [0.25, 0.3) is 38.3 Å². The van der Waals surface area contributed by atoms with Gasteiger partial charge in [-0.05, 0) is 47.7 Å². The van der Waals surface area contributed by atoms with E-state index in [1.807, 2.05) is 53.1 Å². The van der Waals surface area contributed by atoms with Crippen LogP contribution in [0.4, 0.5) is 11.5 Å². The van der Waals surface area contributed by atoms with Crippen LogP contribution in [0.5, 0.6) is 0 Å². The van der Waals surface area contributed by atoms with Crippen molar-refractivity contribution in [3.05, 3.63) is 112 Å². The Kier molecular flexibility index (Phi) is 8.92. The van der Waals surface area contributed by atoms with Crippen LogP contribution in [0.2, 0.25) is 0 Å². The number of hydrogen-bond acceptors (Lipinski definition) is 6. The SMILES string of the molecule is [C-]#[N+]c1cc(-c2ccccc2)c(-c2ccc(CN3CCC(n4c(=O)[nH]c5ccccc54)CC3)cc2)nc1NCCN1CCOCC1. The minimum Gasteiger partial charge on any atom is -0.379 e. The molecule has 0 bridgehead atoms. The summed E-state index contributed by atoms with van der Waals surface area (Å²) >= 11 is 0. The van der Waals surface area contributed by atoms with Gasteiger partial charge in [0.1, 0.15) is 5.82 Å². The molecule has 2 saturated heterocycles. The Bertz CT molecular complexity index is 1880. The van der Waals surface area contributed by atoms with Gasteiger partial charge in [0.15, 0.2) is 0 Å². The third-order valence-corrected chi connectivity index (χ3v) is 9.21. The van der Waals surface area contributed by atoms with Crippen LogP contribution in [0.15, 0.2) is 89.7 Å². The number of rotatable bonds is 9. The molecule has 0 spiro atoms. The fraction of sp³-hybridized carbons (Fsp3) is 0.324. The van der Waals surface area contributed by atoms with Gasteiger partial charge in [-0.1, -0.05) is 66.7 Å². The maximum absolute atomic E-state index is 12.7. The molecule has 234 valence electrons. The summed E-state index contributed by atoms with van der Waals surface area (Å²) in [7, 11) is 0. The molecule has 0 saturated carbocycles. The Morgan fingerprint density at radius 1 is 0.891 bits per heavy atom. The smallest absolute Gasteiger partial charge is 0.326 e. The number of aromatic nitrogens is 3. The number of pyridine rings is 1. The van der Waals surface area contributed by atoms with Gasteiger partial charge in [-0.25, -0.2) is 14.6 Å². The second-order valence-corrected chi connectivity index (χ2v) is 12.1. The van der Waals surface area contributed by atoms with E-state index < -0.39 is 0 Å². The molecule has 9 heteroatoms. The fourth-order valence-electron chi connectivity index (χ4n) is 6.73. The molecule has 0 unspecified atom stereocenters. The predicted octanol–water partition coefficient (Wildman–Crippen LogP) is 6.19. The highest BCUT2D eigenvalue weighted by atomic mass is 16.5. The van der Waals surface area contributed by atoms with Crippen LogP contribution < -0.4 is 11.0 Å². The first kappa shape index (κ1) is 29.9. The normalized spacial score (nSPS) is 16.4. The molecule has 2 aliphatic rings. The zero-order chi connectivity index (χ0) is 31.3. The number of hydrogen-bond donors (Lipinski definition) is 2. The van der Waals surface area contributed by atoms with Crippen LogP contribution in [0.3, 0.4) is 0 Å². The van der Waals surface area contributed by atoms with Crippen LogP contribution in [-0.4, -0.2) is 76.8 Å². The summed E-state index contributed by atoms with van der Waals surface area (Å²) in [6.07, 6.45) is 1.89. The van der Waals surface area contributed by atoms with E-state index in [0.29, 0.717) is 18.1 Å². The summed E-state index contributed by atoms with van der Waals surface area (Å²) < 4.78 is 7.43. The average Bonchev–Trinajstić information content (AvgIpc) is 3.45. The largest absolute Gasteiger partial charge is 0.379 e. The van der Waals surface area contributed by atoms with Crippen LogP contribution in [0, 0.1) is 6.57 Å². The number of anilines is 1. The third kappa shape index (κ3) is 6.46. The van der Waals surface area contributed by atoms with E-state index in [0.717, 1.165) is 98.7 Å². The Labute approximate surface area is 269 Å². The Balaban J connectivity index is 1.07. The number of piperidine rings is 1. The zero-order valence-electron chi connectivity index (χ0n) is 26.0. The van der Waals surface area contributed by atoms with E-state index in [2.05, 4.69) is 61.3 Å². The predicted molar refractivity (Wildman–Crippen MR) is 183 cm³/mol. The number of fused-ring (bicyclic) bond motifs is 1. The molecule has 5 aromatic rings. The minimum absolute atomic E-state index is 0.0152.